The average molecular weight is 274 g/mol. The molecule has 1 aromatic rings. The summed E-state index contributed by atoms with van der Waals surface area (Å²) in [6.07, 6.45) is 0.780. The maximum absolute atomic E-state index is 12.8. The zero-order valence-electron chi connectivity index (χ0n) is 12.1. The van der Waals surface area contributed by atoms with Crippen LogP contribution in [0.25, 0.3) is 0 Å². The Labute approximate surface area is 120 Å². The monoisotopic (exact) mass is 274 g/mol. The largest absolute Gasteiger partial charge is 0.493 e. The molecule has 3 rings (SSSR count). The predicted molar refractivity (Wildman–Crippen MR) is 77.9 cm³/mol. The molecule has 3 atom stereocenters. The molecule has 0 aliphatic carbocycles. The third-order valence-corrected chi connectivity index (χ3v) is 4.13. The maximum Gasteiger partial charge on any atom is 0.230 e. The first-order valence-electron chi connectivity index (χ1n) is 7.41. The van der Waals surface area contributed by atoms with Crippen molar-refractivity contribution < 1.29 is 9.53 Å². The number of para-hydroxylation sites is 1. The molecule has 1 fully saturated rings. The van der Waals surface area contributed by atoms with Gasteiger partial charge < -0.3 is 15.0 Å². The summed E-state index contributed by atoms with van der Waals surface area (Å²) in [5, 5.41) is 3.47. The maximum atomic E-state index is 12.8. The molecule has 4 nitrogen and oxygen atoms in total. The van der Waals surface area contributed by atoms with E-state index in [0.717, 1.165) is 30.8 Å². The second-order valence-corrected chi connectivity index (χ2v) is 5.94. The second kappa shape index (κ2) is 5.44. The fourth-order valence-electron chi connectivity index (χ4n) is 3.33. The van der Waals surface area contributed by atoms with Crippen LogP contribution in [-0.2, 0) is 4.79 Å². The number of amides is 1. The van der Waals surface area contributed by atoms with Gasteiger partial charge in [-0.25, -0.2) is 0 Å². The molecule has 4 heteroatoms. The van der Waals surface area contributed by atoms with Crippen molar-refractivity contribution in [3.05, 3.63) is 29.8 Å². The fraction of sp³-hybridized carbons (Fsp3) is 0.562. The van der Waals surface area contributed by atoms with Crippen LogP contribution in [0.3, 0.4) is 0 Å². The first kappa shape index (κ1) is 13.4. The number of rotatable bonds is 1. The van der Waals surface area contributed by atoms with Gasteiger partial charge in [0.15, 0.2) is 0 Å². The number of hydrogen-bond acceptors (Lipinski definition) is 3. The molecule has 2 heterocycles. The van der Waals surface area contributed by atoms with Crippen LogP contribution in [0.15, 0.2) is 24.3 Å². The van der Waals surface area contributed by atoms with Gasteiger partial charge in [-0.15, -0.1) is 0 Å². The summed E-state index contributed by atoms with van der Waals surface area (Å²) in [6, 6.07) is 8.64. The summed E-state index contributed by atoms with van der Waals surface area (Å²) in [4.78, 5) is 14.9. The normalized spacial score (nSPS) is 29.5. The minimum absolute atomic E-state index is 0.0440. The van der Waals surface area contributed by atoms with Crippen LogP contribution in [0, 0.1) is 0 Å². The number of nitrogens with one attached hydrogen (secondary N) is 1. The highest BCUT2D eigenvalue weighted by atomic mass is 16.5. The van der Waals surface area contributed by atoms with Crippen molar-refractivity contribution in [2.75, 3.05) is 19.7 Å². The lowest BCUT2D eigenvalue weighted by molar-refractivity contribution is -0.135. The predicted octanol–water partition coefficient (Wildman–Crippen LogP) is 1.76. The van der Waals surface area contributed by atoms with Crippen LogP contribution in [0.4, 0.5) is 0 Å². The van der Waals surface area contributed by atoms with Crippen LogP contribution >= 0.6 is 0 Å². The summed E-state index contributed by atoms with van der Waals surface area (Å²) >= 11 is 0. The number of piperazine rings is 1. The Morgan fingerprint density at radius 3 is 2.70 bits per heavy atom. The number of carbonyl (C=O) groups excluding carboxylic acids is 1. The summed E-state index contributed by atoms with van der Waals surface area (Å²) in [5.74, 6) is 1.08. The Morgan fingerprint density at radius 2 is 1.95 bits per heavy atom. The topological polar surface area (TPSA) is 41.6 Å². The molecule has 1 N–H and O–H groups in total. The quantitative estimate of drug-likeness (QED) is 0.848. The Balaban J connectivity index is 1.81. The zero-order valence-corrected chi connectivity index (χ0v) is 12.1. The summed E-state index contributed by atoms with van der Waals surface area (Å²) < 4.78 is 5.65. The van der Waals surface area contributed by atoms with Crippen molar-refractivity contribution in [3.8, 4) is 5.75 Å². The van der Waals surface area contributed by atoms with E-state index in [1.165, 1.54) is 0 Å². The van der Waals surface area contributed by atoms with Gasteiger partial charge in [-0.2, -0.15) is 0 Å². The van der Waals surface area contributed by atoms with Crippen LogP contribution in [-0.4, -0.2) is 42.6 Å². The van der Waals surface area contributed by atoms with Crippen molar-refractivity contribution >= 4 is 5.91 Å². The van der Waals surface area contributed by atoms with Gasteiger partial charge in [0, 0.05) is 30.7 Å². The zero-order chi connectivity index (χ0) is 14.1. The highest BCUT2D eigenvalue weighted by molar-refractivity contribution is 5.85. The molecule has 2 aliphatic heterocycles. The van der Waals surface area contributed by atoms with Crippen molar-refractivity contribution in [1.29, 1.82) is 0 Å². The van der Waals surface area contributed by atoms with Crippen molar-refractivity contribution in [3.63, 3.8) is 0 Å². The van der Waals surface area contributed by atoms with Gasteiger partial charge in [0.05, 0.1) is 12.5 Å². The number of carbonyl (C=O) groups is 1. The van der Waals surface area contributed by atoms with Crippen molar-refractivity contribution in [2.45, 2.75) is 38.3 Å². The molecule has 0 aromatic heterocycles. The van der Waals surface area contributed by atoms with Crippen LogP contribution in [0.2, 0.25) is 0 Å². The van der Waals surface area contributed by atoms with E-state index < -0.39 is 0 Å². The van der Waals surface area contributed by atoms with Gasteiger partial charge >= 0.3 is 0 Å². The molecule has 0 spiro atoms. The molecular weight excluding hydrogens is 252 g/mol. The smallest absolute Gasteiger partial charge is 0.230 e. The third kappa shape index (κ3) is 2.52. The highest BCUT2D eigenvalue weighted by Crippen LogP contribution is 2.34. The minimum Gasteiger partial charge on any atom is -0.493 e. The number of nitrogens with zero attached hydrogens (tertiary/aromatic N) is 1. The second-order valence-electron chi connectivity index (χ2n) is 5.94. The summed E-state index contributed by atoms with van der Waals surface area (Å²) in [7, 11) is 0. The van der Waals surface area contributed by atoms with Gasteiger partial charge in [-0.3, -0.25) is 4.79 Å². The highest BCUT2D eigenvalue weighted by Gasteiger charge is 2.33. The molecule has 0 unspecified atom stereocenters. The molecule has 0 radical (unpaired) electrons. The summed E-state index contributed by atoms with van der Waals surface area (Å²) in [5.41, 5.74) is 1.04. The van der Waals surface area contributed by atoms with Crippen LogP contribution in [0.5, 0.6) is 5.75 Å². The fourth-order valence-corrected chi connectivity index (χ4v) is 3.33. The Morgan fingerprint density at radius 1 is 1.25 bits per heavy atom. The SMILES string of the molecule is C[C@@H]1CN(C(=O)[C@H]2CCOc3ccccc32)C[C@@H](C)N1. The van der Waals surface area contributed by atoms with Gasteiger partial charge in [-0.1, -0.05) is 18.2 Å². The van der Waals surface area contributed by atoms with Crippen molar-refractivity contribution in [1.82, 2.24) is 10.2 Å². The van der Waals surface area contributed by atoms with E-state index in [2.05, 4.69) is 19.2 Å². The molecule has 1 saturated heterocycles. The molecule has 2 aliphatic rings. The molecule has 0 bridgehead atoms. The Kier molecular flexibility index (Phi) is 3.66. The van der Waals surface area contributed by atoms with Crippen molar-refractivity contribution in [2.24, 2.45) is 0 Å². The third-order valence-electron chi connectivity index (χ3n) is 4.13. The van der Waals surface area contributed by atoms with E-state index in [1.807, 2.05) is 29.2 Å². The minimum atomic E-state index is -0.0440. The lowest BCUT2D eigenvalue weighted by Crippen LogP contribution is -2.56. The van der Waals surface area contributed by atoms with Gasteiger partial charge in [0.1, 0.15) is 5.75 Å². The molecule has 1 aromatic carbocycles. The average Bonchev–Trinajstić information content (AvgIpc) is 2.45. The molecular formula is C16H22N2O2. The lowest BCUT2D eigenvalue weighted by atomic mass is 9.91. The van der Waals surface area contributed by atoms with Crippen LogP contribution < -0.4 is 10.1 Å². The molecule has 108 valence electrons. The van der Waals surface area contributed by atoms with E-state index in [9.17, 15) is 4.79 Å². The molecule has 20 heavy (non-hydrogen) atoms. The van der Waals surface area contributed by atoms with Gasteiger partial charge in [0.25, 0.3) is 0 Å². The van der Waals surface area contributed by atoms with Crippen LogP contribution in [0.1, 0.15) is 31.7 Å². The van der Waals surface area contributed by atoms with E-state index in [0.29, 0.717) is 18.7 Å². The number of hydrogen-bond donors (Lipinski definition) is 1. The number of benzene rings is 1. The van der Waals surface area contributed by atoms with Gasteiger partial charge in [0.2, 0.25) is 5.91 Å². The van der Waals surface area contributed by atoms with Gasteiger partial charge in [-0.05, 0) is 26.3 Å². The summed E-state index contributed by atoms with van der Waals surface area (Å²) in [6.45, 7) is 6.48. The standard InChI is InChI=1S/C16H22N2O2/c1-11-9-18(10-12(2)17-11)16(19)14-7-8-20-15-6-4-3-5-13(14)15/h3-6,11-12,14,17H,7-10H2,1-2H3/t11-,12-,14+/m1/s1. The van der Waals surface area contributed by atoms with E-state index in [4.69, 9.17) is 4.74 Å². The Bertz CT molecular complexity index is 493. The molecule has 1 amide bonds. The van der Waals surface area contributed by atoms with E-state index in [-0.39, 0.29) is 11.8 Å². The number of ether oxygens (including phenoxy) is 1. The Hall–Kier alpha value is -1.55. The lowest BCUT2D eigenvalue weighted by Gasteiger charge is -2.38. The number of fused-ring (bicyclic) bond motifs is 1. The van der Waals surface area contributed by atoms with E-state index in [1.54, 1.807) is 0 Å². The van der Waals surface area contributed by atoms with E-state index >= 15 is 0 Å². The first-order chi connectivity index (χ1) is 9.65. The molecule has 0 saturated carbocycles. The first-order valence-corrected chi connectivity index (χ1v) is 7.41.